The van der Waals surface area contributed by atoms with Gasteiger partial charge in [-0.05, 0) is 0 Å². The Kier molecular flexibility index (Phi) is 15.7. The first-order chi connectivity index (χ1) is 9.08. The van der Waals surface area contributed by atoms with Crippen LogP contribution in [-0.2, 0) is 20.9 Å². The van der Waals surface area contributed by atoms with Gasteiger partial charge in [-0.25, -0.2) is 0 Å². The van der Waals surface area contributed by atoms with Crippen LogP contribution in [-0.4, -0.2) is 12.5 Å². The van der Waals surface area contributed by atoms with Gasteiger partial charge in [-0.3, -0.25) is 0 Å². The molecule has 1 nitrogen and oxygen atoms in total. The summed E-state index contributed by atoms with van der Waals surface area (Å²) in [5, 5.41) is 0. The largest absolute Gasteiger partial charge is 1.00 e. The molecule has 0 saturated carbocycles. The second kappa shape index (κ2) is 13.5. The summed E-state index contributed by atoms with van der Waals surface area (Å²) in [6, 6.07) is 0. The normalized spacial score (nSPS) is 15.0. The number of halogens is 2. The maximum atomic E-state index is 4.11. The van der Waals surface area contributed by atoms with Crippen molar-refractivity contribution in [1.82, 2.24) is 3.30 Å². The number of nitrogens with one attached hydrogen (secondary N) is 1. The van der Waals surface area contributed by atoms with Gasteiger partial charge in [0.1, 0.15) is 0 Å². The van der Waals surface area contributed by atoms with E-state index in [4.69, 9.17) is 0 Å². The molecular formula is C16H32Cl2HfNSi. The molecule has 0 aromatic heterocycles. The summed E-state index contributed by atoms with van der Waals surface area (Å²) in [5.41, 5.74) is 1.51. The third-order valence-corrected chi connectivity index (χ3v) is 28.2. The van der Waals surface area contributed by atoms with Gasteiger partial charge in [-0.2, -0.15) is 0 Å². The Morgan fingerprint density at radius 1 is 1.29 bits per heavy atom. The summed E-state index contributed by atoms with van der Waals surface area (Å²) in [6.45, 7) is 13.4. The minimum atomic E-state index is -1.61. The Labute approximate surface area is 153 Å². The van der Waals surface area contributed by atoms with Gasteiger partial charge >= 0.3 is 130 Å². The average molecular weight is 516 g/mol. The van der Waals surface area contributed by atoms with Crippen molar-refractivity contribution in [2.75, 3.05) is 6.54 Å². The second-order valence-corrected chi connectivity index (χ2v) is 32.2. The molecule has 1 unspecified atom stereocenters. The molecule has 0 bridgehead atoms. The molecule has 0 fully saturated rings. The van der Waals surface area contributed by atoms with E-state index in [0.717, 1.165) is 5.92 Å². The predicted octanol–water partition coefficient (Wildman–Crippen LogP) is -1.45. The molecule has 0 amide bonds. The number of unbranched alkanes of at least 4 members (excludes halogenated alkanes) is 1. The molecule has 0 heterocycles. The zero-order chi connectivity index (χ0) is 14.3. The van der Waals surface area contributed by atoms with Crippen LogP contribution >= 0.6 is 0 Å². The van der Waals surface area contributed by atoms with Gasteiger partial charge in [-0.1, -0.05) is 0 Å². The van der Waals surface area contributed by atoms with Crippen molar-refractivity contribution < 1.29 is 45.7 Å². The average Bonchev–Trinajstić information content (AvgIpc) is 2.79. The smallest absolute Gasteiger partial charge is 1.00 e. The quantitative estimate of drug-likeness (QED) is 0.371. The van der Waals surface area contributed by atoms with Crippen molar-refractivity contribution in [2.24, 2.45) is 5.92 Å². The van der Waals surface area contributed by atoms with Crippen LogP contribution < -0.4 is 28.1 Å². The van der Waals surface area contributed by atoms with Crippen molar-refractivity contribution in [3.63, 3.8) is 0 Å². The molecule has 0 aromatic rings. The Morgan fingerprint density at radius 2 is 1.95 bits per heavy atom. The Bertz CT molecular complexity index is 332. The molecule has 0 aliphatic heterocycles. The second-order valence-electron chi connectivity index (χ2n) is 6.19. The summed E-state index contributed by atoms with van der Waals surface area (Å²) >= 11 is -1.61. The van der Waals surface area contributed by atoms with E-state index in [1.54, 1.807) is 0 Å². The Balaban J connectivity index is 0. The minimum Gasteiger partial charge on any atom is -1.00 e. The SMILES string of the molecule is CCCCC(CC)C[NH][Hf+2]([C]1=CC(C)=CC1)[SiH](C)C.[Cl-].[Cl-]. The molecule has 1 aliphatic rings. The van der Waals surface area contributed by atoms with Gasteiger partial charge < -0.3 is 24.8 Å². The zero-order valence-corrected chi connectivity index (χ0v) is 20.6. The van der Waals surface area contributed by atoms with Crippen LogP contribution in [0.3, 0.4) is 0 Å². The standard InChI is InChI=1S/C8H18N.C6H7.C2H7Si.2ClH.Hf/c1-3-5-6-8(4-2)7-9;1-6-4-2-3-5-6;1-3-2;;;/h8-9H,3-7H2,1-2H3;4-5H,2H2,1H3;3H,1-2H3;2*1H;/q-1;;;;;+3/p-2. The summed E-state index contributed by atoms with van der Waals surface area (Å²) in [4.78, 5) is 0. The Morgan fingerprint density at radius 3 is 2.38 bits per heavy atom. The molecule has 0 spiro atoms. The zero-order valence-electron chi connectivity index (χ0n) is 14.3. The first-order valence-corrected chi connectivity index (χ1v) is 20.8. The van der Waals surface area contributed by atoms with Crippen LogP contribution in [0, 0.1) is 5.92 Å². The number of allylic oxidation sites excluding steroid dienone is 4. The van der Waals surface area contributed by atoms with Crippen molar-refractivity contribution >= 4 is 5.98 Å². The van der Waals surface area contributed by atoms with Gasteiger partial charge in [0.15, 0.2) is 0 Å². The van der Waals surface area contributed by atoms with Gasteiger partial charge in [0.2, 0.25) is 0 Å². The molecule has 0 aromatic carbocycles. The monoisotopic (exact) mass is 516 g/mol. The molecule has 1 atom stereocenters. The van der Waals surface area contributed by atoms with Crippen molar-refractivity contribution in [3.05, 3.63) is 21.1 Å². The van der Waals surface area contributed by atoms with E-state index in [1.807, 2.05) is 3.33 Å². The minimum absolute atomic E-state index is 0. The van der Waals surface area contributed by atoms with Crippen LogP contribution in [0.25, 0.3) is 0 Å². The van der Waals surface area contributed by atoms with E-state index in [-0.39, 0.29) is 24.8 Å². The number of hydrogen-bond donors (Lipinski definition) is 1. The summed E-state index contributed by atoms with van der Waals surface area (Å²) in [6.07, 6.45) is 11.7. The van der Waals surface area contributed by atoms with E-state index < -0.39 is 26.9 Å². The molecule has 0 radical (unpaired) electrons. The summed E-state index contributed by atoms with van der Waals surface area (Å²) < 4.78 is 5.97. The topological polar surface area (TPSA) is 12.0 Å². The van der Waals surface area contributed by atoms with Gasteiger partial charge in [0.05, 0.1) is 0 Å². The molecule has 0 saturated heterocycles. The molecular weight excluding hydrogens is 484 g/mol. The Hall–Kier alpha value is 1.11. The molecule has 1 rings (SSSR count). The fraction of sp³-hybridized carbons (Fsp3) is 0.750. The maximum Gasteiger partial charge on any atom is -1.00 e. The van der Waals surface area contributed by atoms with Crippen LogP contribution in [0.4, 0.5) is 0 Å². The number of rotatable bonds is 9. The van der Waals surface area contributed by atoms with Crippen LogP contribution in [0.15, 0.2) is 21.1 Å². The van der Waals surface area contributed by atoms with E-state index in [1.165, 1.54) is 44.2 Å². The van der Waals surface area contributed by atoms with E-state index in [9.17, 15) is 0 Å². The van der Waals surface area contributed by atoms with Crippen molar-refractivity contribution in [1.29, 1.82) is 0 Å². The third kappa shape index (κ3) is 9.10. The van der Waals surface area contributed by atoms with E-state index in [0.29, 0.717) is 0 Å². The van der Waals surface area contributed by atoms with E-state index >= 15 is 0 Å². The van der Waals surface area contributed by atoms with Gasteiger partial charge in [0.25, 0.3) is 0 Å². The molecule has 123 valence electrons. The first-order valence-electron chi connectivity index (χ1n) is 8.06. The fourth-order valence-corrected chi connectivity index (χ4v) is 24.1. The van der Waals surface area contributed by atoms with Crippen molar-refractivity contribution in [3.8, 4) is 0 Å². The van der Waals surface area contributed by atoms with Crippen LogP contribution in [0.5, 0.6) is 0 Å². The van der Waals surface area contributed by atoms with E-state index in [2.05, 4.69) is 49.3 Å². The fourth-order valence-electron chi connectivity index (χ4n) is 2.74. The molecule has 21 heavy (non-hydrogen) atoms. The van der Waals surface area contributed by atoms with Gasteiger partial charge in [0, 0.05) is 0 Å². The molecule has 5 heteroatoms. The first kappa shape index (κ1) is 24.4. The third-order valence-electron chi connectivity index (χ3n) is 4.09. The summed E-state index contributed by atoms with van der Waals surface area (Å²) in [5.74, 6) is 0.457. The number of hydrogen-bond acceptors (Lipinski definition) is 1. The predicted molar refractivity (Wildman–Crippen MR) is 86.6 cm³/mol. The summed E-state index contributed by atoms with van der Waals surface area (Å²) in [7, 11) is 0. The van der Waals surface area contributed by atoms with Gasteiger partial charge in [-0.15, -0.1) is 0 Å². The van der Waals surface area contributed by atoms with Crippen LogP contribution in [0.2, 0.25) is 13.1 Å². The maximum absolute atomic E-state index is 4.11. The molecule has 1 aliphatic carbocycles. The van der Waals surface area contributed by atoms with Crippen LogP contribution in [0.1, 0.15) is 52.9 Å². The van der Waals surface area contributed by atoms with Crippen molar-refractivity contribution in [2.45, 2.75) is 66.0 Å². The molecule has 1 N–H and O–H groups in total.